The van der Waals surface area contributed by atoms with Gasteiger partial charge in [0.15, 0.2) is 0 Å². The molecule has 2 aromatic carbocycles. The molecule has 1 aromatic heterocycles. The standard InChI is InChI=1S/C21H19N3O2/c1-3-26-20-11-7-4-8-14(20)16-12-18(24-21(23)17(16)13-22)15-9-5-6-10-19(15)25-2/h4-12H,3H2,1-2H3,(H2,23,24). The van der Waals surface area contributed by atoms with Gasteiger partial charge in [-0.3, -0.25) is 0 Å². The molecule has 5 nitrogen and oxygen atoms in total. The van der Waals surface area contributed by atoms with Crippen LogP contribution in [0.3, 0.4) is 0 Å². The highest BCUT2D eigenvalue weighted by Gasteiger charge is 2.17. The van der Waals surface area contributed by atoms with E-state index in [9.17, 15) is 5.26 Å². The Labute approximate surface area is 152 Å². The third kappa shape index (κ3) is 3.17. The van der Waals surface area contributed by atoms with E-state index in [-0.39, 0.29) is 5.82 Å². The second-order valence-electron chi connectivity index (χ2n) is 5.56. The van der Waals surface area contributed by atoms with Gasteiger partial charge in [-0.25, -0.2) is 4.98 Å². The van der Waals surface area contributed by atoms with Crippen molar-refractivity contribution in [3.05, 3.63) is 60.2 Å². The monoisotopic (exact) mass is 345 g/mol. The van der Waals surface area contributed by atoms with E-state index in [1.54, 1.807) is 7.11 Å². The zero-order valence-corrected chi connectivity index (χ0v) is 14.7. The summed E-state index contributed by atoms with van der Waals surface area (Å²) < 4.78 is 11.2. The minimum absolute atomic E-state index is 0.178. The number of nitriles is 1. The molecule has 0 spiro atoms. The Bertz CT molecular complexity index is 977. The van der Waals surface area contributed by atoms with Gasteiger partial charge >= 0.3 is 0 Å². The fourth-order valence-corrected chi connectivity index (χ4v) is 2.86. The van der Waals surface area contributed by atoms with Gasteiger partial charge in [-0.2, -0.15) is 5.26 Å². The summed E-state index contributed by atoms with van der Waals surface area (Å²) in [6.45, 7) is 2.45. The molecule has 0 saturated carbocycles. The summed E-state index contributed by atoms with van der Waals surface area (Å²) in [5, 5.41) is 9.61. The lowest BCUT2D eigenvalue weighted by atomic mass is 9.97. The van der Waals surface area contributed by atoms with Crippen molar-refractivity contribution in [2.24, 2.45) is 0 Å². The molecule has 130 valence electrons. The van der Waals surface area contributed by atoms with Crippen molar-refractivity contribution < 1.29 is 9.47 Å². The molecule has 0 fully saturated rings. The predicted molar refractivity (Wildman–Crippen MR) is 102 cm³/mol. The van der Waals surface area contributed by atoms with Crippen molar-refractivity contribution in [3.8, 4) is 40.0 Å². The van der Waals surface area contributed by atoms with E-state index >= 15 is 0 Å². The maximum Gasteiger partial charge on any atom is 0.142 e. The van der Waals surface area contributed by atoms with Crippen molar-refractivity contribution in [3.63, 3.8) is 0 Å². The molecule has 0 aliphatic rings. The number of nitrogen functional groups attached to an aromatic ring is 1. The normalized spacial score (nSPS) is 10.2. The van der Waals surface area contributed by atoms with Crippen molar-refractivity contribution in [1.82, 2.24) is 4.98 Å². The molecule has 1 heterocycles. The topological polar surface area (TPSA) is 81.2 Å². The Balaban J connectivity index is 2.27. The van der Waals surface area contributed by atoms with Gasteiger partial charge in [0.2, 0.25) is 0 Å². The number of methoxy groups -OCH3 is 1. The number of anilines is 1. The average Bonchev–Trinajstić information content (AvgIpc) is 2.68. The molecule has 2 N–H and O–H groups in total. The Morgan fingerprint density at radius 1 is 1.00 bits per heavy atom. The van der Waals surface area contributed by atoms with E-state index in [1.165, 1.54) is 0 Å². The number of ether oxygens (including phenoxy) is 2. The Morgan fingerprint density at radius 2 is 1.65 bits per heavy atom. The molecule has 0 bridgehead atoms. The molecule has 0 amide bonds. The van der Waals surface area contributed by atoms with Gasteiger partial charge in [-0.1, -0.05) is 30.3 Å². The van der Waals surface area contributed by atoms with Gasteiger partial charge in [0.05, 0.1) is 19.4 Å². The zero-order valence-electron chi connectivity index (χ0n) is 14.7. The van der Waals surface area contributed by atoms with E-state index in [1.807, 2.05) is 61.5 Å². The van der Waals surface area contributed by atoms with Gasteiger partial charge in [0.1, 0.15) is 28.9 Å². The molecule has 5 heteroatoms. The first-order chi connectivity index (χ1) is 12.7. The number of pyridine rings is 1. The molecule has 3 aromatic rings. The lowest BCUT2D eigenvalue weighted by Crippen LogP contribution is -2.02. The van der Waals surface area contributed by atoms with Crippen LogP contribution in [0.4, 0.5) is 5.82 Å². The highest BCUT2D eigenvalue weighted by molar-refractivity contribution is 5.84. The van der Waals surface area contributed by atoms with Crippen LogP contribution in [0.15, 0.2) is 54.6 Å². The van der Waals surface area contributed by atoms with E-state index in [2.05, 4.69) is 11.1 Å². The number of para-hydroxylation sites is 2. The van der Waals surface area contributed by atoms with Crippen LogP contribution in [-0.4, -0.2) is 18.7 Å². The molecule has 0 atom stereocenters. The second kappa shape index (κ2) is 7.58. The highest BCUT2D eigenvalue weighted by atomic mass is 16.5. The lowest BCUT2D eigenvalue weighted by molar-refractivity contribution is 0.341. The fraction of sp³-hybridized carbons (Fsp3) is 0.143. The first-order valence-corrected chi connectivity index (χ1v) is 8.25. The average molecular weight is 345 g/mol. The SMILES string of the molecule is CCOc1ccccc1-c1cc(-c2ccccc2OC)nc(N)c1C#N. The van der Waals surface area contributed by atoms with Crippen molar-refractivity contribution in [2.45, 2.75) is 6.92 Å². The largest absolute Gasteiger partial charge is 0.496 e. The van der Waals surface area contributed by atoms with Crippen molar-refractivity contribution in [2.75, 3.05) is 19.5 Å². The minimum atomic E-state index is 0.178. The maximum atomic E-state index is 9.61. The van der Waals surface area contributed by atoms with Crippen molar-refractivity contribution >= 4 is 5.82 Å². The van der Waals surface area contributed by atoms with Crippen molar-refractivity contribution in [1.29, 1.82) is 5.26 Å². The smallest absolute Gasteiger partial charge is 0.142 e. The van der Waals surface area contributed by atoms with Crippen LogP contribution in [0.5, 0.6) is 11.5 Å². The van der Waals surface area contributed by atoms with Crippen LogP contribution in [-0.2, 0) is 0 Å². The third-order valence-electron chi connectivity index (χ3n) is 4.02. The number of aromatic nitrogens is 1. The highest BCUT2D eigenvalue weighted by Crippen LogP contribution is 2.38. The zero-order chi connectivity index (χ0) is 18.5. The maximum absolute atomic E-state index is 9.61. The number of nitrogens with zero attached hydrogens (tertiary/aromatic N) is 2. The minimum Gasteiger partial charge on any atom is -0.496 e. The van der Waals surface area contributed by atoms with Gasteiger partial charge < -0.3 is 15.2 Å². The van der Waals surface area contributed by atoms with Crippen LogP contribution in [0.2, 0.25) is 0 Å². The molecule has 0 saturated heterocycles. The van der Waals surface area contributed by atoms with E-state index in [0.29, 0.717) is 34.9 Å². The number of hydrogen-bond donors (Lipinski definition) is 1. The van der Waals surface area contributed by atoms with Gasteiger partial charge in [0, 0.05) is 16.7 Å². The Hall–Kier alpha value is -3.52. The van der Waals surface area contributed by atoms with Crippen LogP contribution < -0.4 is 15.2 Å². The summed E-state index contributed by atoms with van der Waals surface area (Å²) in [6, 6.07) is 19.2. The molecular formula is C21H19N3O2. The van der Waals surface area contributed by atoms with Gasteiger partial charge in [-0.15, -0.1) is 0 Å². The van der Waals surface area contributed by atoms with Crippen LogP contribution in [0.25, 0.3) is 22.4 Å². The molecule has 3 rings (SSSR count). The van der Waals surface area contributed by atoms with Gasteiger partial charge in [-0.05, 0) is 31.2 Å². The third-order valence-corrected chi connectivity index (χ3v) is 4.02. The second-order valence-corrected chi connectivity index (χ2v) is 5.56. The molecule has 26 heavy (non-hydrogen) atoms. The van der Waals surface area contributed by atoms with E-state index in [0.717, 1.165) is 11.1 Å². The first-order valence-electron chi connectivity index (χ1n) is 8.25. The fourth-order valence-electron chi connectivity index (χ4n) is 2.86. The first kappa shape index (κ1) is 17.3. The Kier molecular flexibility index (Phi) is 5.04. The molecular weight excluding hydrogens is 326 g/mol. The summed E-state index contributed by atoms with van der Waals surface area (Å²) in [5.41, 5.74) is 9.37. The predicted octanol–water partition coefficient (Wildman–Crippen LogP) is 4.28. The number of nitrogens with two attached hydrogens (primary N) is 1. The molecule has 0 radical (unpaired) electrons. The summed E-state index contributed by atoms with van der Waals surface area (Å²) in [5.74, 6) is 1.56. The molecule has 0 aliphatic carbocycles. The van der Waals surface area contributed by atoms with Crippen LogP contribution in [0.1, 0.15) is 12.5 Å². The summed E-state index contributed by atoms with van der Waals surface area (Å²) in [7, 11) is 1.61. The summed E-state index contributed by atoms with van der Waals surface area (Å²) in [6.07, 6.45) is 0. The van der Waals surface area contributed by atoms with Crippen LogP contribution in [0, 0.1) is 11.3 Å². The molecule has 0 aliphatic heterocycles. The summed E-state index contributed by atoms with van der Waals surface area (Å²) in [4.78, 5) is 4.42. The quantitative estimate of drug-likeness (QED) is 0.746. The number of benzene rings is 2. The number of hydrogen-bond acceptors (Lipinski definition) is 5. The van der Waals surface area contributed by atoms with Gasteiger partial charge in [0.25, 0.3) is 0 Å². The molecule has 0 unspecified atom stereocenters. The lowest BCUT2D eigenvalue weighted by Gasteiger charge is -2.15. The Morgan fingerprint density at radius 3 is 2.31 bits per heavy atom. The van der Waals surface area contributed by atoms with E-state index < -0.39 is 0 Å². The van der Waals surface area contributed by atoms with E-state index in [4.69, 9.17) is 15.2 Å². The van der Waals surface area contributed by atoms with Crippen LogP contribution >= 0.6 is 0 Å². The number of rotatable bonds is 5. The summed E-state index contributed by atoms with van der Waals surface area (Å²) >= 11 is 0.